The molecule has 0 unspecified atom stereocenters. The van der Waals surface area contributed by atoms with Crippen molar-refractivity contribution in [2.24, 2.45) is 5.92 Å². The van der Waals surface area contributed by atoms with Crippen LogP contribution in [-0.2, 0) is 4.79 Å². The van der Waals surface area contributed by atoms with Crippen LogP contribution in [-0.4, -0.2) is 16.1 Å². The molecule has 3 aromatic rings. The lowest BCUT2D eigenvalue weighted by atomic mass is 10.1. The summed E-state index contributed by atoms with van der Waals surface area (Å²) in [7, 11) is 0. The van der Waals surface area contributed by atoms with Crippen LogP contribution < -0.4 is 5.32 Å². The first-order valence-electron chi connectivity index (χ1n) is 7.15. The highest BCUT2D eigenvalue weighted by Crippen LogP contribution is 2.35. The van der Waals surface area contributed by atoms with Gasteiger partial charge in [-0.05, 0) is 12.1 Å². The quantitative estimate of drug-likeness (QED) is 0.766. The molecule has 0 aliphatic rings. The predicted octanol–water partition coefficient (Wildman–Crippen LogP) is 3.93. The number of furan rings is 1. The van der Waals surface area contributed by atoms with E-state index in [0.717, 1.165) is 5.56 Å². The summed E-state index contributed by atoms with van der Waals surface area (Å²) in [5.74, 6) is 0.447. The molecule has 0 saturated carbocycles. The highest BCUT2D eigenvalue weighted by Gasteiger charge is 2.20. The first-order valence-corrected chi connectivity index (χ1v) is 7.15. The molecule has 2 aromatic heterocycles. The third kappa shape index (κ3) is 2.65. The fourth-order valence-corrected chi connectivity index (χ4v) is 2.14. The minimum Gasteiger partial charge on any atom is -0.463 e. The van der Waals surface area contributed by atoms with Crippen molar-refractivity contribution in [3.05, 3.63) is 48.7 Å². The summed E-state index contributed by atoms with van der Waals surface area (Å²) in [5.41, 5.74) is 2.93. The summed E-state index contributed by atoms with van der Waals surface area (Å²) < 4.78 is 5.43. The number of carbonyl (C=O) groups excluding carboxylic acids is 1. The number of anilines is 1. The Morgan fingerprint density at radius 3 is 2.59 bits per heavy atom. The van der Waals surface area contributed by atoms with Crippen molar-refractivity contribution in [3.63, 3.8) is 0 Å². The van der Waals surface area contributed by atoms with E-state index in [9.17, 15) is 4.79 Å². The van der Waals surface area contributed by atoms with Crippen molar-refractivity contribution < 1.29 is 9.21 Å². The minimum absolute atomic E-state index is 0.0635. The minimum atomic E-state index is -0.122. The average Bonchev–Trinajstić information content (AvgIpc) is 3.17. The zero-order chi connectivity index (χ0) is 15.5. The molecule has 0 saturated heterocycles. The molecule has 3 rings (SSSR count). The Bertz CT molecular complexity index is 759. The van der Waals surface area contributed by atoms with E-state index >= 15 is 0 Å². The molecular formula is C17H17N3O2. The van der Waals surface area contributed by atoms with Crippen LogP contribution >= 0.6 is 0 Å². The molecule has 1 amide bonds. The van der Waals surface area contributed by atoms with Crippen LogP contribution in [0.15, 0.2) is 53.1 Å². The molecule has 0 radical (unpaired) electrons. The standard InChI is InChI=1S/C17H17N3O2/c1-11(2)17(21)18-16-14(12-7-4-3-5-8-12)19-20-15(16)13-9-6-10-22-13/h3-11H,1-2H3,(H,18,21)(H,19,20). The Balaban J connectivity index is 2.09. The Hall–Kier alpha value is -2.82. The molecule has 2 heterocycles. The second kappa shape index (κ2) is 5.89. The third-order valence-electron chi connectivity index (χ3n) is 3.35. The van der Waals surface area contributed by atoms with Gasteiger partial charge in [-0.25, -0.2) is 0 Å². The molecular weight excluding hydrogens is 278 g/mol. The predicted molar refractivity (Wildman–Crippen MR) is 85.2 cm³/mol. The van der Waals surface area contributed by atoms with Gasteiger partial charge in [0.25, 0.3) is 0 Å². The lowest BCUT2D eigenvalue weighted by Crippen LogP contribution is -2.18. The zero-order valence-corrected chi connectivity index (χ0v) is 12.5. The number of H-pyrrole nitrogens is 1. The Labute approximate surface area is 128 Å². The topological polar surface area (TPSA) is 70.9 Å². The van der Waals surface area contributed by atoms with E-state index in [2.05, 4.69) is 15.5 Å². The van der Waals surface area contributed by atoms with Crippen molar-refractivity contribution in [3.8, 4) is 22.7 Å². The van der Waals surface area contributed by atoms with E-state index in [1.807, 2.05) is 50.2 Å². The Morgan fingerprint density at radius 2 is 1.95 bits per heavy atom. The molecule has 2 N–H and O–H groups in total. The van der Waals surface area contributed by atoms with Crippen molar-refractivity contribution >= 4 is 11.6 Å². The van der Waals surface area contributed by atoms with Gasteiger partial charge in [0.05, 0.1) is 12.0 Å². The van der Waals surface area contributed by atoms with E-state index in [1.165, 1.54) is 0 Å². The van der Waals surface area contributed by atoms with Gasteiger partial charge >= 0.3 is 0 Å². The highest BCUT2D eigenvalue weighted by molar-refractivity contribution is 5.99. The van der Waals surface area contributed by atoms with Gasteiger partial charge in [-0.1, -0.05) is 44.2 Å². The largest absolute Gasteiger partial charge is 0.463 e. The number of nitrogens with one attached hydrogen (secondary N) is 2. The maximum absolute atomic E-state index is 12.1. The van der Waals surface area contributed by atoms with Gasteiger partial charge in [-0.3, -0.25) is 9.89 Å². The second-order valence-corrected chi connectivity index (χ2v) is 5.31. The van der Waals surface area contributed by atoms with Gasteiger partial charge in [0.2, 0.25) is 5.91 Å². The number of amides is 1. The average molecular weight is 295 g/mol. The van der Waals surface area contributed by atoms with Gasteiger partial charge in [0.15, 0.2) is 5.76 Å². The SMILES string of the molecule is CC(C)C(=O)Nc1c(-c2ccccc2)n[nH]c1-c1ccco1. The van der Waals surface area contributed by atoms with Crippen molar-refractivity contribution in [1.29, 1.82) is 0 Å². The molecule has 0 aliphatic heterocycles. The molecule has 5 nitrogen and oxygen atoms in total. The van der Waals surface area contributed by atoms with Crippen molar-refractivity contribution in [2.45, 2.75) is 13.8 Å². The molecule has 0 aliphatic carbocycles. The first kappa shape index (κ1) is 14.1. The van der Waals surface area contributed by atoms with Gasteiger partial charge in [0, 0.05) is 11.5 Å². The smallest absolute Gasteiger partial charge is 0.227 e. The summed E-state index contributed by atoms with van der Waals surface area (Å²) in [6.45, 7) is 3.70. The second-order valence-electron chi connectivity index (χ2n) is 5.31. The fourth-order valence-electron chi connectivity index (χ4n) is 2.14. The number of carbonyl (C=O) groups is 1. The highest BCUT2D eigenvalue weighted by atomic mass is 16.3. The summed E-state index contributed by atoms with van der Waals surface area (Å²) in [4.78, 5) is 12.1. The normalized spacial score (nSPS) is 10.9. The molecule has 22 heavy (non-hydrogen) atoms. The Morgan fingerprint density at radius 1 is 1.18 bits per heavy atom. The lowest BCUT2D eigenvalue weighted by Gasteiger charge is -2.09. The van der Waals surface area contributed by atoms with Crippen molar-refractivity contribution in [2.75, 3.05) is 5.32 Å². The molecule has 0 fully saturated rings. The first-order chi connectivity index (χ1) is 10.7. The van der Waals surface area contributed by atoms with E-state index in [4.69, 9.17) is 4.42 Å². The number of benzene rings is 1. The van der Waals surface area contributed by atoms with Crippen LogP contribution in [0.5, 0.6) is 0 Å². The lowest BCUT2D eigenvalue weighted by molar-refractivity contribution is -0.118. The summed E-state index contributed by atoms with van der Waals surface area (Å²) in [6.07, 6.45) is 1.59. The van der Waals surface area contributed by atoms with Crippen LogP contribution in [0.3, 0.4) is 0 Å². The monoisotopic (exact) mass is 295 g/mol. The molecule has 112 valence electrons. The third-order valence-corrected chi connectivity index (χ3v) is 3.35. The molecule has 1 aromatic carbocycles. The zero-order valence-electron chi connectivity index (χ0n) is 12.5. The fraction of sp³-hybridized carbons (Fsp3) is 0.176. The van der Waals surface area contributed by atoms with Crippen LogP contribution in [0.1, 0.15) is 13.8 Å². The molecule has 0 bridgehead atoms. The van der Waals surface area contributed by atoms with Crippen molar-refractivity contribution in [1.82, 2.24) is 10.2 Å². The maximum Gasteiger partial charge on any atom is 0.227 e. The van der Waals surface area contributed by atoms with Crippen LogP contribution in [0.2, 0.25) is 0 Å². The van der Waals surface area contributed by atoms with E-state index in [0.29, 0.717) is 22.8 Å². The van der Waals surface area contributed by atoms with Crippen LogP contribution in [0.25, 0.3) is 22.7 Å². The van der Waals surface area contributed by atoms with Gasteiger partial charge in [-0.2, -0.15) is 5.10 Å². The van der Waals surface area contributed by atoms with Gasteiger partial charge in [-0.15, -0.1) is 0 Å². The van der Waals surface area contributed by atoms with Gasteiger partial charge in [0.1, 0.15) is 11.4 Å². The number of rotatable bonds is 4. The van der Waals surface area contributed by atoms with Crippen LogP contribution in [0.4, 0.5) is 5.69 Å². The number of aromatic amines is 1. The summed E-state index contributed by atoms with van der Waals surface area (Å²) in [5, 5.41) is 10.3. The number of hydrogen-bond acceptors (Lipinski definition) is 3. The van der Waals surface area contributed by atoms with Gasteiger partial charge < -0.3 is 9.73 Å². The van der Waals surface area contributed by atoms with E-state index in [1.54, 1.807) is 12.3 Å². The molecule has 0 atom stereocenters. The summed E-state index contributed by atoms with van der Waals surface area (Å²) >= 11 is 0. The maximum atomic E-state index is 12.1. The molecule has 0 spiro atoms. The summed E-state index contributed by atoms with van der Waals surface area (Å²) in [6, 6.07) is 13.3. The van der Waals surface area contributed by atoms with E-state index in [-0.39, 0.29) is 11.8 Å². The number of nitrogens with zero attached hydrogens (tertiary/aromatic N) is 1. The Kier molecular flexibility index (Phi) is 3.78. The number of aromatic nitrogens is 2. The molecule has 5 heteroatoms. The van der Waals surface area contributed by atoms with E-state index < -0.39 is 0 Å². The number of hydrogen-bond donors (Lipinski definition) is 2. The van der Waals surface area contributed by atoms with Crippen LogP contribution in [0, 0.1) is 5.92 Å².